The Morgan fingerprint density at radius 3 is 2.54 bits per heavy atom. The largest absolute Gasteiger partial charge is 0.341 e. The SMILES string of the molecule is C[C@H]1CN(C(=O)c2ccccc2)O[C@H](c2ccccc2[N+](=O)[O-])O1. The summed E-state index contributed by atoms with van der Waals surface area (Å²) < 4.78 is 5.66. The van der Waals surface area contributed by atoms with Crippen LogP contribution in [0.5, 0.6) is 0 Å². The Labute approximate surface area is 138 Å². The molecule has 0 radical (unpaired) electrons. The summed E-state index contributed by atoms with van der Waals surface area (Å²) in [6.45, 7) is 2.03. The van der Waals surface area contributed by atoms with Crippen molar-refractivity contribution in [3.05, 3.63) is 75.8 Å². The first-order valence-electron chi connectivity index (χ1n) is 7.48. The van der Waals surface area contributed by atoms with E-state index >= 15 is 0 Å². The number of nitro groups is 1. The number of benzene rings is 2. The summed E-state index contributed by atoms with van der Waals surface area (Å²) in [5.74, 6) is -0.311. The number of hydroxylamine groups is 2. The first-order valence-corrected chi connectivity index (χ1v) is 7.48. The molecule has 24 heavy (non-hydrogen) atoms. The molecule has 0 bridgehead atoms. The summed E-state index contributed by atoms with van der Waals surface area (Å²) in [4.78, 5) is 28.9. The van der Waals surface area contributed by atoms with Gasteiger partial charge in [0.1, 0.15) is 0 Å². The summed E-state index contributed by atoms with van der Waals surface area (Å²) in [6.07, 6.45) is -1.33. The minimum atomic E-state index is -1.01. The highest BCUT2D eigenvalue weighted by molar-refractivity contribution is 5.93. The van der Waals surface area contributed by atoms with Crippen molar-refractivity contribution < 1.29 is 19.3 Å². The van der Waals surface area contributed by atoms with Crippen molar-refractivity contribution in [2.45, 2.75) is 19.3 Å². The van der Waals surface area contributed by atoms with E-state index in [9.17, 15) is 14.9 Å². The number of nitro benzene ring substituents is 1. The molecule has 1 saturated heterocycles. The van der Waals surface area contributed by atoms with Gasteiger partial charge in [-0.3, -0.25) is 14.9 Å². The second-order valence-electron chi connectivity index (χ2n) is 5.43. The van der Waals surface area contributed by atoms with Gasteiger partial charge in [-0.1, -0.05) is 30.3 Å². The van der Waals surface area contributed by atoms with Gasteiger partial charge >= 0.3 is 0 Å². The molecule has 1 aliphatic rings. The van der Waals surface area contributed by atoms with Gasteiger partial charge in [-0.05, 0) is 25.1 Å². The average Bonchev–Trinajstić information content (AvgIpc) is 2.61. The molecule has 0 unspecified atom stereocenters. The van der Waals surface area contributed by atoms with Crippen LogP contribution >= 0.6 is 0 Å². The fraction of sp³-hybridized carbons (Fsp3) is 0.235. The second-order valence-corrected chi connectivity index (χ2v) is 5.43. The number of para-hydroxylation sites is 1. The van der Waals surface area contributed by atoms with Crippen molar-refractivity contribution in [1.82, 2.24) is 5.06 Å². The molecule has 1 heterocycles. The zero-order valence-electron chi connectivity index (χ0n) is 13.0. The van der Waals surface area contributed by atoms with E-state index in [1.807, 2.05) is 6.07 Å². The van der Waals surface area contributed by atoms with Crippen molar-refractivity contribution in [3.8, 4) is 0 Å². The predicted octanol–water partition coefficient (Wildman–Crippen LogP) is 3.09. The van der Waals surface area contributed by atoms with Crippen LogP contribution < -0.4 is 0 Å². The normalized spacial score (nSPS) is 20.6. The highest BCUT2D eigenvalue weighted by Gasteiger charge is 2.34. The first-order chi connectivity index (χ1) is 11.6. The lowest BCUT2D eigenvalue weighted by Gasteiger charge is -2.35. The van der Waals surface area contributed by atoms with Gasteiger partial charge in [-0.25, -0.2) is 9.90 Å². The fourth-order valence-corrected chi connectivity index (χ4v) is 2.51. The lowest BCUT2D eigenvalue weighted by Crippen LogP contribution is -2.44. The second kappa shape index (κ2) is 6.77. The van der Waals surface area contributed by atoms with Gasteiger partial charge in [0.05, 0.1) is 23.1 Å². The molecule has 2 atom stereocenters. The Hall–Kier alpha value is -2.77. The Balaban J connectivity index is 1.87. The van der Waals surface area contributed by atoms with E-state index in [4.69, 9.17) is 9.57 Å². The number of hydrogen-bond donors (Lipinski definition) is 0. The minimum absolute atomic E-state index is 0.108. The summed E-state index contributed by atoms with van der Waals surface area (Å²) in [6, 6.07) is 14.9. The van der Waals surface area contributed by atoms with E-state index in [-0.39, 0.29) is 29.8 Å². The maximum atomic E-state index is 12.6. The lowest BCUT2D eigenvalue weighted by atomic mass is 10.1. The zero-order chi connectivity index (χ0) is 17.1. The van der Waals surface area contributed by atoms with Gasteiger partial charge in [-0.2, -0.15) is 0 Å². The predicted molar refractivity (Wildman–Crippen MR) is 84.9 cm³/mol. The highest BCUT2D eigenvalue weighted by Crippen LogP contribution is 2.33. The van der Waals surface area contributed by atoms with E-state index in [2.05, 4.69) is 0 Å². The van der Waals surface area contributed by atoms with Gasteiger partial charge in [0, 0.05) is 11.6 Å². The Bertz CT molecular complexity index is 750. The zero-order valence-corrected chi connectivity index (χ0v) is 13.0. The molecule has 1 fully saturated rings. The summed E-state index contributed by atoms with van der Waals surface area (Å²) in [5, 5.41) is 12.4. The molecule has 2 aromatic rings. The molecule has 0 aliphatic carbocycles. The molecular weight excluding hydrogens is 312 g/mol. The molecular formula is C17H16N2O5. The minimum Gasteiger partial charge on any atom is -0.341 e. The number of rotatable bonds is 3. The summed E-state index contributed by atoms with van der Waals surface area (Å²) in [5.41, 5.74) is 0.650. The number of hydrogen-bond acceptors (Lipinski definition) is 5. The Morgan fingerprint density at radius 1 is 1.17 bits per heavy atom. The third-order valence-corrected chi connectivity index (χ3v) is 3.64. The average molecular weight is 328 g/mol. The molecule has 3 rings (SSSR count). The molecule has 0 aromatic heterocycles. The van der Waals surface area contributed by atoms with E-state index in [0.717, 1.165) is 0 Å². The van der Waals surface area contributed by atoms with Crippen LogP contribution in [0.4, 0.5) is 5.69 Å². The maximum Gasteiger partial charge on any atom is 0.277 e. The topological polar surface area (TPSA) is 81.9 Å². The van der Waals surface area contributed by atoms with Gasteiger partial charge in [0.2, 0.25) is 6.29 Å². The van der Waals surface area contributed by atoms with Crippen LogP contribution in [0.2, 0.25) is 0 Å². The molecule has 0 N–H and O–H groups in total. The molecule has 7 nitrogen and oxygen atoms in total. The van der Waals surface area contributed by atoms with Gasteiger partial charge in [0.25, 0.3) is 11.6 Å². The van der Waals surface area contributed by atoms with Gasteiger partial charge in [-0.15, -0.1) is 0 Å². The van der Waals surface area contributed by atoms with Crippen LogP contribution in [0.3, 0.4) is 0 Å². The summed E-state index contributed by atoms with van der Waals surface area (Å²) in [7, 11) is 0. The third-order valence-electron chi connectivity index (χ3n) is 3.64. The Kier molecular flexibility index (Phi) is 4.54. The monoisotopic (exact) mass is 328 g/mol. The molecule has 2 aromatic carbocycles. The molecule has 124 valence electrons. The smallest absolute Gasteiger partial charge is 0.277 e. The Morgan fingerprint density at radius 2 is 1.83 bits per heavy atom. The number of amides is 1. The van der Waals surface area contributed by atoms with Crippen LogP contribution in [-0.4, -0.2) is 28.5 Å². The quantitative estimate of drug-likeness (QED) is 0.639. The summed E-state index contributed by atoms with van der Waals surface area (Å²) >= 11 is 0. The molecule has 0 spiro atoms. The van der Waals surface area contributed by atoms with Gasteiger partial charge < -0.3 is 4.74 Å². The molecule has 1 aliphatic heterocycles. The fourth-order valence-electron chi connectivity index (χ4n) is 2.51. The van der Waals surface area contributed by atoms with Crippen LogP contribution in [0, 0.1) is 10.1 Å². The standard InChI is InChI=1S/C17H16N2O5/c1-12-11-18(16(20)13-7-3-2-4-8-13)24-17(23-12)14-9-5-6-10-15(14)19(21)22/h2-10,12,17H,11H2,1H3/t12-,17+/m0/s1. The molecule has 7 heteroatoms. The van der Waals surface area contributed by atoms with Crippen LogP contribution in [0.15, 0.2) is 54.6 Å². The highest BCUT2D eigenvalue weighted by atomic mass is 16.8. The van der Waals surface area contributed by atoms with Crippen LogP contribution in [0.1, 0.15) is 29.1 Å². The van der Waals surface area contributed by atoms with Crippen LogP contribution in [-0.2, 0) is 9.57 Å². The molecule has 0 saturated carbocycles. The van der Waals surface area contributed by atoms with Crippen molar-refractivity contribution in [3.63, 3.8) is 0 Å². The number of ether oxygens (including phenoxy) is 1. The number of carbonyl (C=O) groups is 1. The third kappa shape index (κ3) is 3.27. The van der Waals surface area contributed by atoms with Crippen molar-refractivity contribution >= 4 is 11.6 Å². The van der Waals surface area contributed by atoms with Gasteiger partial charge in [0.15, 0.2) is 0 Å². The van der Waals surface area contributed by atoms with E-state index in [0.29, 0.717) is 5.56 Å². The van der Waals surface area contributed by atoms with E-state index in [1.54, 1.807) is 49.4 Å². The van der Waals surface area contributed by atoms with Crippen molar-refractivity contribution in [1.29, 1.82) is 0 Å². The number of nitrogens with zero attached hydrogens (tertiary/aromatic N) is 2. The first kappa shape index (κ1) is 16.1. The molecule has 1 amide bonds. The van der Waals surface area contributed by atoms with Crippen LogP contribution in [0.25, 0.3) is 0 Å². The van der Waals surface area contributed by atoms with E-state index in [1.165, 1.54) is 11.1 Å². The van der Waals surface area contributed by atoms with Crippen molar-refractivity contribution in [2.75, 3.05) is 6.54 Å². The maximum absolute atomic E-state index is 12.6. The lowest BCUT2D eigenvalue weighted by molar-refractivity contribution is -0.390. The van der Waals surface area contributed by atoms with E-state index < -0.39 is 11.2 Å². The van der Waals surface area contributed by atoms with Crippen molar-refractivity contribution in [2.24, 2.45) is 0 Å². The number of carbonyl (C=O) groups excluding carboxylic acids is 1.